The minimum atomic E-state index is -0.0212. The van der Waals surface area contributed by atoms with Crippen LogP contribution < -0.4 is 22.1 Å². The number of thioether (sulfide) groups is 1. The molecule has 2 unspecified atom stereocenters. The second kappa shape index (κ2) is 16.6. The molecule has 4 heterocycles. The van der Waals surface area contributed by atoms with Crippen molar-refractivity contribution in [1.29, 1.82) is 0 Å². The summed E-state index contributed by atoms with van der Waals surface area (Å²) in [7, 11) is 0. The summed E-state index contributed by atoms with van der Waals surface area (Å²) in [6.07, 6.45) is 13.7. The molecule has 0 aliphatic carbocycles. The Morgan fingerprint density at radius 1 is 0.833 bits per heavy atom. The minimum Gasteiger partial charge on any atom is -0.395 e. The van der Waals surface area contributed by atoms with E-state index >= 15 is 0 Å². The molecule has 0 amide bonds. The largest absolute Gasteiger partial charge is 0.395 e. The Kier molecular flexibility index (Phi) is 12.6. The number of hydrogen-bond donors (Lipinski definition) is 8. The zero-order chi connectivity index (χ0) is 29.7. The summed E-state index contributed by atoms with van der Waals surface area (Å²) in [4.78, 5) is 24.0. The summed E-state index contributed by atoms with van der Waals surface area (Å²) in [5.74, 6) is 3.43. The number of rotatable bonds is 20. The Balaban J connectivity index is 1.19. The van der Waals surface area contributed by atoms with Gasteiger partial charge >= 0.3 is 0 Å². The van der Waals surface area contributed by atoms with E-state index in [4.69, 9.17) is 16.5 Å². The number of nitrogens with one attached hydrogen (secondary N) is 4. The number of unbranched alkanes of at least 4 members (excludes halogenated alkanes) is 4. The van der Waals surface area contributed by atoms with E-state index in [1.165, 1.54) is 25.6 Å². The lowest BCUT2D eigenvalue weighted by Gasteiger charge is -2.16. The standard InChI is InChI=1S/C29H46N10O2S/c1-2-3-4-5-8-21(15-40)32-12-20-14-35-27-25(20)38-23(39-29(27)31)9-6-7-10-42-17-22(16-41)33-11-19-13-34-26-24(19)36-18-37-28(26)30/h13-14,18,21-22,32-35,40-41H,2-12,15-17H2,1H3,(H2,30,36,37)(H2,31,38,39). The quantitative estimate of drug-likeness (QED) is 0.0695. The molecule has 0 bridgehead atoms. The summed E-state index contributed by atoms with van der Waals surface area (Å²) in [6, 6.07) is 0.0538. The van der Waals surface area contributed by atoms with Gasteiger partial charge in [-0.05, 0) is 25.0 Å². The third kappa shape index (κ3) is 8.77. The van der Waals surface area contributed by atoms with Crippen molar-refractivity contribution in [3.05, 3.63) is 35.7 Å². The van der Waals surface area contributed by atoms with Gasteiger partial charge in [-0.1, -0.05) is 32.6 Å². The zero-order valence-corrected chi connectivity index (χ0v) is 25.3. The average molecular weight is 599 g/mol. The first-order chi connectivity index (χ1) is 20.5. The van der Waals surface area contributed by atoms with E-state index in [0.29, 0.717) is 24.7 Å². The fraction of sp³-hybridized carbons (Fsp3) is 0.586. The highest BCUT2D eigenvalue weighted by Gasteiger charge is 2.14. The first-order valence-corrected chi connectivity index (χ1v) is 16.1. The summed E-state index contributed by atoms with van der Waals surface area (Å²) in [5, 5.41) is 26.5. The van der Waals surface area contributed by atoms with Crippen LogP contribution in [0.5, 0.6) is 0 Å². The fourth-order valence-electron chi connectivity index (χ4n) is 5.00. The van der Waals surface area contributed by atoms with Gasteiger partial charge in [0.15, 0.2) is 11.6 Å². The van der Waals surface area contributed by atoms with E-state index in [9.17, 15) is 10.2 Å². The molecule has 4 rings (SSSR count). The number of nitrogens with two attached hydrogens (primary N) is 2. The highest BCUT2D eigenvalue weighted by atomic mass is 32.2. The van der Waals surface area contributed by atoms with Crippen molar-refractivity contribution in [2.24, 2.45) is 0 Å². The highest BCUT2D eigenvalue weighted by molar-refractivity contribution is 7.99. The van der Waals surface area contributed by atoms with Crippen molar-refractivity contribution >= 4 is 45.5 Å². The summed E-state index contributed by atoms with van der Waals surface area (Å²) in [5.41, 5.74) is 17.3. The van der Waals surface area contributed by atoms with Crippen LogP contribution in [0.3, 0.4) is 0 Å². The van der Waals surface area contributed by atoms with Gasteiger partial charge in [0.2, 0.25) is 0 Å². The van der Waals surface area contributed by atoms with E-state index in [0.717, 1.165) is 82.6 Å². The number of nitrogen functional groups attached to an aromatic ring is 2. The Bertz CT molecular complexity index is 1380. The van der Waals surface area contributed by atoms with E-state index in [-0.39, 0.29) is 25.3 Å². The number of aliphatic hydroxyl groups excluding tert-OH is 2. The molecule has 0 fully saturated rings. The van der Waals surface area contributed by atoms with Crippen LogP contribution >= 0.6 is 11.8 Å². The van der Waals surface area contributed by atoms with Crippen molar-refractivity contribution in [2.45, 2.75) is 83.5 Å². The Morgan fingerprint density at radius 3 is 2.29 bits per heavy atom. The normalized spacial score (nSPS) is 13.3. The average Bonchev–Trinajstić information content (AvgIpc) is 3.61. The number of aromatic amines is 2. The Morgan fingerprint density at radius 2 is 1.55 bits per heavy atom. The SMILES string of the molecule is CCCCCCC(CO)NCc1c[nH]c2c(N)nc(CCCCSCC(CO)NCc3c[nH]c4c(N)ncnc34)nc12. The predicted octanol–water partition coefficient (Wildman–Crippen LogP) is 3.02. The molecule has 10 N–H and O–H groups in total. The third-order valence-electron chi connectivity index (χ3n) is 7.52. The lowest BCUT2D eigenvalue weighted by Crippen LogP contribution is -2.34. The first-order valence-electron chi connectivity index (χ1n) is 15.0. The van der Waals surface area contributed by atoms with E-state index in [1.807, 2.05) is 24.2 Å². The van der Waals surface area contributed by atoms with Crippen molar-refractivity contribution in [1.82, 2.24) is 40.5 Å². The number of anilines is 2. The zero-order valence-electron chi connectivity index (χ0n) is 24.5. The minimum absolute atomic E-state index is 0.0212. The number of aliphatic hydroxyl groups is 2. The fourth-order valence-corrected chi connectivity index (χ4v) is 6.08. The van der Waals surface area contributed by atoms with E-state index in [1.54, 1.807) is 0 Å². The van der Waals surface area contributed by atoms with Crippen LogP contribution in [0.15, 0.2) is 18.7 Å². The van der Waals surface area contributed by atoms with Gasteiger partial charge < -0.3 is 42.3 Å². The lowest BCUT2D eigenvalue weighted by molar-refractivity contribution is 0.232. The molecule has 230 valence electrons. The van der Waals surface area contributed by atoms with Gasteiger partial charge in [-0.2, -0.15) is 11.8 Å². The van der Waals surface area contributed by atoms with E-state index < -0.39 is 0 Å². The second-order valence-electron chi connectivity index (χ2n) is 10.8. The van der Waals surface area contributed by atoms with Crippen LogP contribution in [0.1, 0.15) is 68.8 Å². The molecule has 42 heavy (non-hydrogen) atoms. The van der Waals surface area contributed by atoms with Crippen LogP contribution in [-0.4, -0.2) is 76.9 Å². The van der Waals surface area contributed by atoms with Gasteiger partial charge in [0.05, 0.1) is 24.2 Å². The van der Waals surface area contributed by atoms with Crippen LogP contribution in [0, 0.1) is 0 Å². The Labute approximate surface area is 251 Å². The molecule has 2 atom stereocenters. The maximum Gasteiger partial charge on any atom is 0.151 e. The topological polar surface area (TPSA) is 200 Å². The van der Waals surface area contributed by atoms with Crippen LogP contribution in [0.25, 0.3) is 22.1 Å². The Hall–Kier alpha value is -2.97. The molecule has 0 saturated heterocycles. The summed E-state index contributed by atoms with van der Waals surface area (Å²) < 4.78 is 0. The van der Waals surface area contributed by atoms with Crippen molar-refractivity contribution in [3.8, 4) is 0 Å². The molecule has 0 aromatic carbocycles. The van der Waals surface area contributed by atoms with Crippen LogP contribution in [0.2, 0.25) is 0 Å². The highest BCUT2D eigenvalue weighted by Crippen LogP contribution is 2.22. The molecule has 0 aliphatic heterocycles. The van der Waals surface area contributed by atoms with Gasteiger partial charge in [0.1, 0.15) is 23.2 Å². The van der Waals surface area contributed by atoms with Gasteiger partial charge in [-0.3, -0.25) is 0 Å². The molecular formula is C29H46N10O2S. The van der Waals surface area contributed by atoms with Crippen molar-refractivity contribution in [2.75, 3.05) is 36.2 Å². The number of fused-ring (bicyclic) bond motifs is 2. The molecule has 0 saturated carbocycles. The van der Waals surface area contributed by atoms with E-state index in [2.05, 4.69) is 42.5 Å². The molecule has 13 heteroatoms. The molecule has 0 spiro atoms. The molecule has 0 radical (unpaired) electrons. The number of aryl methyl sites for hydroxylation is 1. The van der Waals surface area contributed by atoms with Crippen molar-refractivity contribution < 1.29 is 10.2 Å². The molecule has 0 aliphatic rings. The third-order valence-corrected chi connectivity index (χ3v) is 8.73. The maximum atomic E-state index is 9.84. The summed E-state index contributed by atoms with van der Waals surface area (Å²) in [6.45, 7) is 3.59. The second-order valence-corrected chi connectivity index (χ2v) is 11.9. The van der Waals surface area contributed by atoms with Crippen molar-refractivity contribution in [3.63, 3.8) is 0 Å². The van der Waals surface area contributed by atoms with Gasteiger partial charge in [0.25, 0.3) is 0 Å². The number of aromatic nitrogens is 6. The summed E-state index contributed by atoms with van der Waals surface area (Å²) >= 11 is 1.82. The number of nitrogens with zero attached hydrogens (tertiary/aromatic N) is 4. The predicted molar refractivity (Wildman–Crippen MR) is 171 cm³/mol. The maximum absolute atomic E-state index is 9.84. The van der Waals surface area contributed by atoms with Gasteiger partial charge in [-0.25, -0.2) is 19.9 Å². The van der Waals surface area contributed by atoms with Gasteiger partial charge in [0, 0.05) is 60.9 Å². The van der Waals surface area contributed by atoms with Crippen LogP contribution in [-0.2, 0) is 19.5 Å². The monoisotopic (exact) mass is 598 g/mol. The molecule has 4 aromatic rings. The number of H-pyrrole nitrogens is 2. The van der Waals surface area contributed by atoms with Gasteiger partial charge in [-0.15, -0.1) is 0 Å². The molecular weight excluding hydrogens is 552 g/mol. The van der Waals surface area contributed by atoms with Crippen LogP contribution in [0.4, 0.5) is 11.6 Å². The smallest absolute Gasteiger partial charge is 0.151 e. The lowest BCUT2D eigenvalue weighted by atomic mass is 10.1. The molecule has 12 nitrogen and oxygen atoms in total. The first kappa shape index (κ1) is 32.0. The molecule has 4 aromatic heterocycles. The number of hydrogen-bond acceptors (Lipinski definition) is 11.